The molecule has 1 aromatic carbocycles. The molecule has 3 N–H and O–H groups in total. The molecule has 0 radical (unpaired) electrons. The van der Waals surface area contributed by atoms with Crippen molar-refractivity contribution in [1.29, 1.82) is 0 Å². The fraction of sp³-hybridized carbons (Fsp3) is 0.300. The number of hydrogen-bond donors (Lipinski definition) is 2. The molecule has 0 amide bonds. The van der Waals surface area contributed by atoms with Crippen LogP contribution in [0.1, 0.15) is 6.92 Å². The van der Waals surface area contributed by atoms with Gasteiger partial charge in [-0.25, -0.2) is 8.42 Å². The van der Waals surface area contributed by atoms with Crippen molar-refractivity contribution >= 4 is 43.3 Å². The lowest BCUT2D eigenvalue weighted by atomic mass is 10.3. The van der Waals surface area contributed by atoms with E-state index in [9.17, 15) is 13.2 Å². The third-order valence-electron chi connectivity index (χ3n) is 1.89. The highest BCUT2D eigenvalue weighted by Crippen LogP contribution is 2.23. The Balaban J connectivity index is 2.79. The summed E-state index contributed by atoms with van der Waals surface area (Å²) >= 11 is 3.21. The Morgan fingerprint density at radius 3 is 2.72 bits per heavy atom. The molecule has 0 aliphatic heterocycles. The molecule has 100 valence electrons. The van der Waals surface area contributed by atoms with E-state index in [0.717, 1.165) is 4.47 Å². The number of ether oxygens (including phenoxy) is 1. The van der Waals surface area contributed by atoms with Crippen molar-refractivity contribution in [3.05, 3.63) is 22.7 Å². The zero-order valence-electron chi connectivity index (χ0n) is 9.64. The largest absolute Gasteiger partial charge is 0.465 e. The maximum Gasteiger partial charge on any atom is 0.323 e. The number of carbonyl (C=O) groups is 1. The van der Waals surface area contributed by atoms with E-state index in [1.807, 2.05) is 0 Å². The lowest BCUT2D eigenvalue weighted by Gasteiger charge is -2.10. The zero-order chi connectivity index (χ0) is 13.8. The second kappa shape index (κ2) is 6.05. The fourth-order valence-electron chi connectivity index (χ4n) is 1.19. The third-order valence-corrected chi connectivity index (χ3v) is 3.53. The van der Waals surface area contributed by atoms with Crippen molar-refractivity contribution in [3.8, 4) is 0 Å². The molecule has 0 fully saturated rings. The van der Waals surface area contributed by atoms with Gasteiger partial charge >= 0.3 is 5.97 Å². The summed E-state index contributed by atoms with van der Waals surface area (Å²) in [6.45, 7) is 1.74. The molecule has 0 atom stereocenters. The Hall–Kier alpha value is -1.28. The number of nitrogen functional groups attached to an aromatic ring is 1. The predicted octanol–water partition coefficient (Wildman–Crippen LogP) is 1.34. The number of anilines is 2. The number of nitrogens with one attached hydrogen (secondary N) is 1. The second-order valence-corrected chi connectivity index (χ2v) is 6.04. The average molecular weight is 337 g/mol. The van der Waals surface area contributed by atoms with E-state index >= 15 is 0 Å². The smallest absolute Gasteiger partial charge is 0.323 e. The Morgan fingerprint density at radius 2 is 2.17 bits per heavy atom. The van der Waals surface area contributed by atoms with Crippen molar-refractivity contribution < 1.29 is 17.9 Å². The summed E-state index contributed by atoms with van der Waals surface area (Å²) in [5.74, 6) is -1.54. The van der Waals surface area contributed by atoms with Gasteiger partial charge in [-0.15, -0.1) is 0 Å². The topological polar surface area (TPSA) is 98.5 Å². The first-order valence-corrected chi connectivity index (χ1v) is 7.49. The number of esters is 1. The maximum atomic E-state index is 11.6. The lowest BCUT2D eigenvalue weighted by molar-refractivity contribution is -0.139. The number of sulfonamides is 1. The van der Waals surface area contributed by atoms with Crippen LogP contribution in [0.25, 0.3) is 0 Å². The molecule has 0 spiro atoms. The molecule has 8 heteroatoms. The monoisotopic (exact) mass is 336 g/mol. The van der Waals surface area contributed by atoms with Crippen LogP contribution >= 0.6 is 15.9 Å². The van der Waals surface area contributed by atoms with Crippen LogP contribution in [0.2, 0.25) is 0 Å². The number of nitrogens with two attached hydrogens (primary N) is 1. The van der Waals surface area contributed by atoms with Gasteiger partial charge in [-0.2, -0.15) is 0 Å². The molecule has 0 saturated heterocycles. The molecule has 0 saturated carbocycles. The molecule has 1 aromatic rings. The standard InChI is InChI=1S/C10H13BrN2O4S/c1-2-17-10(14)6-18(15,16)13-9-4-3-7(11)5-8(9)12/h3-5,13H,2,6,12H2,1H3. The van der Waals surface area contributed by atoms with Crippen molar-refractivity contribution in [2.24, 2.45) is 0 Å². The Bertz CT molecular complexity index is 545. The quantitative estimate of drug-likeness (QED) is 0.624. The molecular weight excluding hydrogens is 324 g/mol. The van der Waals surface area contributed by atoms with E-state index in [1.165, 1.54) is 6.07 Å². The molecule has 0 aliphatic rings. The zero-order valence-corrected chi connectivity index (χ0v) is 12.0. The highest BCUT2D eigenvalue weighted by atomic mass is 79.9. The van der Waals surface area contributed by atoms with E-state index < -0.39 is 21.7 Å². The molecule has 18 heavy (non-hydrogen) atoms. The van der Waals surface area contributed by atoms with Crippen LogP contribution in [0.15, 0.2) is 22.7 Å². The third kappa shape index (κ3) is 4.53. The van der Waals surface area contributed by atoms with Crippen molar-refractivity contribution in [2.75, 3.05) is 22.8 Å². The van der Waals surface area contributed by atoms with Gasteiger partial charge in [-0.1, -0.05) is 15.9 Å². The van der Waals surface area contributed by atoms with Gasteiger partial charge in [-0.05, 0) is 25.1 Å². The number of hydrogen-bond acceptors (Lipinski definition) is 5. The highest BCUT2D eigenvalue weighted by Gasteiger charge is 2.18. The van der Waals surface area contributed by atoms with Crippen LogP contribution in [0.5, 0.6) is 0 Å². The summed E-state index contributed by atoms with van der Waals surface area (Å²) in [5, 5.41) is 0. The van der Waals surface area contributed by atoms with Gasteiger partial charge in [0.2, 0.25) is 10.0 Å². The molecule has 0 aromatic heterocycles. The number of benzene rings is 1. The van der Waals surface area contributed by atoms with Crippen LogP contribution < -0.4 is 10.5 Å². The Morgan fingerprint density at radius 1 is 1.50 bits per heavy atom. The first kappa shape index (κ1) is 14.8. The van der Waals surface area contributed by atoms with Gasteiger partial charge in [0.1, 0.15) is 0 Å². The lowest BCUT2D eigenvalue weighted by Crippen LogP contribution is -2.24. The van der Waals surface area contributed by atoms with E-state index in [2.05, 4.69) is 25.4 Å². The molecule has 0 unspecified atom stereocenters. The minimum atomic E-state index is -3.81. The van der Waals surface area contributed by atoms with Gasteiger partial charge < -0.3 is 10.5 Å². The van der Waals surface area contributed by atoms with Crippen LogP contribution in [-0.2, 0) is 19.6 Å². The summed E-state index contributed by atoms with van der Waals surface area (Å²) in [4.78, 5) is 11.1. The van der Waals surface area contributed by atoms with E-state index in [-0.39, 0.29) is 18.0 Å². The van der Waals surface area contributed by atoms with Gasteiger partial charge in [0.25, 0.3) is 0 Å². The Labute approximate surface area is 114 Å². The van der Waals surface area contributed by atoms with Gasteiger partial charge in [0.05, 0.1) is 18.0 Å². The SMILES string of the molecule is CCOC(=O)CS(=O)(=O)Nc1ccc(Br)cc1N. The number of carbonyl (C=O) groups excluding carboxylic acids is 1. The van der Waals surface area contributed by atoms with Crippen LogP contribution in [-0.4, -0.2) is 26.7 Å². The average Bonchev–Trinajstić information content (AvgIpc) is 2.21. The second-order valence-electron chi connectivity index (χ2n) is 3.40. The van der Waals surface area contributed by atoms with Crippen molar-refractivity contribution in [3.63, 3.8) is 0 Å². The fourth-order valence-corrected chi connectivity index (χ4v) is 2.55. The summed E-state index contributed by atoms with van der Waals surface area (Å²) in [5.41, 5.74) is 6.13. The minimum absolute atomic E-state index is 0.134. The summed E-state index contributed by atoms with van der Waals surface area (Å²) in [7, 11) is -3.81. The van der Waals surface area contributed by atoms with Gasteiger partial charge in [0.15, 0.2) is 5.75 Å². The van der Waals surface area contributed by atoms with Crippen molar-refractivity contribution in [1.82, 2.24) is 0 Å². The summed E-state index contributed by atoms with van der Waals surface area (Å²) in [6.07, 6.45) is 0. The molecule has 6 nitrogen and oxygen atoms in total. The first-order chi connectivity index (χ1) is 8.34. The van der Waals surface area contributed by atoms with Gasteiger partial charge in [-0.3, -0.25) is 9.52 Å². The Kier molecular flexibility index (Phi) is 4.97. The maximum absolute atomic E-state index is 11.6. The van der Waals surface area contributed by atoms with E-state index in [4.69, 9.17) is 5.73 Å². The predicted molar refractivity (Wildman–Crippen MR) is 72.6 cm³/mol. The summed E-state index contributed by atoms with van der Waals surface area (Å²) < 4.78 is 30.8. The van der Waals surface area contributed by atoms with E-state index in [0.29, 0.717) is 0 Å². The highest BCUT2D eigenvalue weighted by molar-refractivity contribution is 9.10. The van der Waals surface area contributed by atoms with Crippen LogP contribution in [0, 0.1) is 0 Å². The summed E-state index contributed by atoms with van der Waals surface area (Å²) in [6, 6.07) is 4.70. The van der Waals surface area contributed by atoms with Crippen LogP contribution in [0.4, 0.5) is 11.4 Å². The number of halogens is 1. The molecule has 0 bridgehead atoms. The molecular formula is C10H13BrN2O4S. The number of rotatable bonds is 5. The molecule has 0 aliphatic carbocycles. The normalized spacial score (nSPS) is 11.0. The molecule has 0 heterocycles. The van der Waals surface area contributed by atoms with Crippen LogP contribution in [0.3, 0.4) is 0 Å². The molecule has 1 rings (SSSR count). The van der Waals surface area contributed by atoms with Crippen molar-refractivity contribution in [2.45, 2.75) is 6.92 Å². The minimum Gasteiger partial charge on any atom is -0.465 e. The first-order valence-electron chi connectivity index (χ1n) is 5.05. The van der Waals surface area contributed by atoms with E-state index in [1.54, 1.807) is 19.1 Å². The van der Waals surface area contributed by atoms with Gasteiger partial charge in [0, 0.05) is 4.47 Å².